The Morgan fingerprint density at radius 3 is 2.42 bits per heavy atom. The van der Waals surface area contributed by atoms with Crippen LogP contribution in [0, 0.1) is 18.8 Å². The number of aryl methyl sites for hydroxylation is 1. The van der Waals surface area contributed by atoms with E-state index in [4.69, 9.17) is 5.11 Å². The Hall–Kier alpha value is -1.84. The fourth-order valence-corrected chi connectivity index (χ4v) is 2.76. The molecule has 1 fully saturated rings. The van der Waals surface area contributed by atoms with E-state index < -0.39 is 5.97 Å². The predicted octanol–water partition coefficient (Wildman–Crippen LogP) is 2.46. The highest BCUT2D eigenvalue weighted by molar-refractivity contribution is 5.95. The topological polar surface area (TPSA) is 57.6 Å². The van der Waals surface area contributed by atoms with E-state index in [2.05, 4.69) is 0 Å². The van der Waals surface area contributed by atoms with E-state index >= 15 is 0 Å². The van der Waals surface area contributed by atoms with Crippen LogP contribution in [-0.2, 0) is 9.59 Å². The van der Waals surface area contributed by atoms with Crippen LogP contribution in [0.15, 0.2) is 24.3 Å². The van der Waals surface area contributed by atoms with E-state index in [1.807, 2.05) is 31.2 Å². The molecule has 0 saturated heterocycles. The molecule has 102 valence electrons. The van der Waals surface area contributed by atoms with Gasteiger partial charge in [-0.1, -0.05) is 18.2 Å². The zero-order valence-electron chi connectivity index (χ0n) is 11.3. The minimum Gasteiger partial charge on any atom is -0.481 e. The molecular formula is C15H19NO3. The molecule has 19 heavy (non-hydrogen) atoms. The third kappa shape index (κ3) is 2.78. The molecule has 1 amide bonds. The number of amides is 1. The number of carboxylic acids is 1. The smallest absolute Gasteiger partial charge is 0.306 e. The van der Waals surface area contributed by atoms with E-state index in [1.165, 1.54) is 0 Å². The molecule has 0 bridgehead atoms. The molecule has 2 rings (SSSR count). The molecule has 1 aliphatic carbocycles. The van der Waals surface area contributed by atoms with Crippen LogP contribution < -0.4 is 4.90 Å². The molecule has 0 radical (unpaired) electrons. The lowest BCUT2D eigenvalue weighted by molar-refractivity contribution is -0.141. The Labute approximate surface area is 113 Å². The second-order valence-corrected chi connectivity index (χ2v) is 5.23. The van der Waals surface area contributed by atoms with Gasteiger partial charge < -0.3 is 10.0 Å². The monoisotopic (exact) mass is 261 g/mol. The van der Waals surface area contributed by atoms with Gasteiger partial charge in [-0.15, -0.1) is 0 Å². The molecule has 1 aliphatic rings. The van der Waals surface area contributed by atoms with Crippen LogP contribution in [0.25, 0.3) is 0 Å². The number of anilines is 1. The number of carbonyl (C=O) groups is 2. The first-order valence-corrected chi connectivity index (χ1v) is 6.56. The van der Waals surface area contributed by atoms with Gasteiger partial charge in [0.15, 0.2) is 0 Å². The average Bonchev–Trinajstić information content (AvgIpc) is 2.87. The second kappa shape index (κ2) is 5.43. The molecule has 4 heteroatoms. The Kier molecular flexibility index (Phi) is 3.88. The summed E-state index contributed by atoms with van der Waals surface area (Å²) >= 11 is 0. The maximum absolute atomic E-state index is 12.4. The number of hydrogen-bond acceptors (Lipinski definition) is 2. The van der Waals surface area contributed by atoms with Gasteiger partial charge >= 0.3 is 5.97 Å². The van der Waals surface area contributed by atoms with Crippen molar-refractivity contribution in [1.29, 1.82) is 0 Å². The summed E-state index contributed by atoms with van der Waals surface area (Å²) in [6, 6.07) is 7.72. The molecule has 2 unspecified atom stereocenters. The highest BCUT2D eigenvalue weighted by Crippen LogP contribution is 2.33. The van der Waals surface area contributed by atoms with Gasteiger partial charge in [-0.3, -0.25) is 9.59 Å². The molecular weight excluding hydrogens is 242 g/mol. The van der Waals surface area contributed by atoms with Gasteiger partial charge in [-0.05, 0) is 37.8 Å². The first-order chi connectivity index (χ1) is 9.00. The summed E-state index contributed by atoms with van der Waals surface area (Å²) in [7, 11) is 1.76. The van der Waals surface area contributed by atoms with Crippen LogP contribution in [0.4, 0.5) is 5.69 Å². The van der Waals surface area contributed by atoms with Crippen LogP contribution in [0.2, 0.25) is 0 Å². The zero-order valence-corrected chi connectivity index (χ0v) is 11.3. The third-order valence-electron chi connectivity index (χ3n) is 3.94. The lowest BCUT2D eigenvalue weighted by Crippen LogP contribution is -2.32. The Morgan fingerprint density at radius 2 is 1.84 bits per heavy atom. The Balaban J connectivity index is 2.09. The first-order valence-electron chi connectivity index (χ1n) is 6.56. The van der Waals surface area contributed by atoms with Crippen molar-refractivity contribution in [2.24, 2.45) is 11.8 Å². The van der Waals surface area contributed by atoms with Crippen LogP contribution in [-0.4, -0.2) is 24.0 Å². The van der Waals surface area contributed by atoms with Crippen molar-refractivity contribution in [3.05, 3.63) is 29.8 Å². The van der Waals surface area contributed by atoms with Gasteiger partial charge in [0.25, 0.3) is 0 Å². The average molecular weight is 261 g/mol. The van der Waals surface area contributed by atoms with Crippen LogP contribution in [0.1, 0.15) is 24.8 Å². The number of aliphatic carboxylic acids is 1. The highest BCUT2D eigenvalue weighted by atomic mass is 16.4. The van der Waals surface area contributed by atoms with Crippen LogP contribution >= 0.6 is 0 Å². The van der Waals surface area contributed by atoms with Crippen molar-refractivity contribution in [1.82, 2.24) is 0 Å². The molecule has 0 spiro atoms. The van der Waals surface area contributed by atoms with Gasteiger partial charge in [0.2, 0.25) is 5.91 Å². The van der Waals surface area contributed by atoms with Crippen molar-refractivity contribution >= 4 is 17.6 Å². The van der Waals surface area contributed by atoms with Crippen molar-refractivity contribution in [3.63, 3.8) is 0 Å². The number of benzene rings is 1. The summed E-state index contributed by atoms with van der Waals surface area (Å²) in [6.07, 6.45) is 1.74. The number of carbonyl (C=O) groups excluding carboxylic acids is 1. The van der Waals surface area contributed by atoms with Crippen molar-refractivity contribution < 1.29 is 14.7 Å². The SMILES string of the molecule is Cc1ccccc1N(C)C(=O)C1CCC(C(=O)O)C1. The molecule has 2 atom stereocenters. The number of carboxylic acid groups (broad SMARTS) is 1. The minimum absolute atomic E-state index is 0.0260. The maximum atomic E-state index is 12.4. The fraction of sp³-hybridized carbons (Fsp3) is 0.467. The summed E-state index contributed by atoms with van der Waals surface area (Å²) in [5.41, 5.74) is 1.94. The summed E-state index contributed by atoms with van der Waals surface area (Å²) in [6.45, 7) is 1.97. The summed E-state index contributed by atoms with van der Waals surface area (Å²) in [4.78, 5) is 25.0. The predicted molar refractivity (Wildman–Crippen MR) is 73.1 cm³/mol. The molecule has 0 heterocycles. The summed E-state index contributed by atoms with van der Waals surface area (Å²) in [5, 5.41) is 8.99. The standard InChI is InChI=1S/C15H19NO3/c1-10-5-3-4-6-13(10)16(2)14(17)11-7-8-12(9-11)15(18)19/h3-6,11-12H,7-9H2,1-2H3,(H,18,19). The second-order valence-electron chi connectivity index (χ2n) is 5.23. The molecule has 4 nitrogen and oxygen atoms in total. The third-order valence-corrected chi connectivity index (χ3v) is 3.94. The van der Waals surface area contributed by atoms with Gasteiger partial charge in [-0.2, -0.15) is 0 Å². The number of para-hydroxylation sites is 1. The summed E-state index contributed by atoms with van der Waals surface area (Å²) in [5.74, 6) is -1.28. The van der Waals surface area contributed by atoms with E-state index in [9.17, 15) is 9.59 Å². The van der Waals surface area contributed by atoms with Gasteiger partial charge in [0.1, 0.15) is 0 Å². The van der Waals surface area contributed by atoms with E-state index in [1.54, 1.807) is 11.9 Å². The van der Waals surface area contributed by atoms with E-state index in [0.717, 1.165) is 11.3 Å². The van der Waals surface area contributed by atoms with E-state index in [-0.39, 0.29) is 17.7 Å². The lowest BCUT2D eigenvalue weighted by Gasteiger charge is -2.22. The van der Waals surface area contributed by atoms with Crippen LogP contribution in [0.3, 0.4) is 0 Å². The van der Waals surface area contributed by atoms with Crippen molar-refractivity contribution in [2.45, 2.75) is 26.2 Å². The van der Waals surface area contributed by atoms with Gasteiger partial charge in [-0.25, -0.2) is 0 Å². The molecule has 1 saturated carbocycles. The van der Waals surface area contributed by atoms with E-state index in [0.29, 0.717) is 19.3 Å². The van der Waals surface area contributed by atoms with Crippen molar-refractivity contribution in [2.75, 3.05) is 11.9 Å². The maximum Gasteiger partial charge on any atom is 0.306 e. The summed E-state index contributed by atoms with van der Waals surface area (Å²) < 4.78 is 0. The molecule has 0 aliphatic heterocycles. The molecule has 1 aromatic rings. The normalized spacial score (nSPS) is 22.2. The molecule has 1 aromatic carbocycles. The van der Waals surface area contributed by atoms with Gasteiger partial charge in [0, 0.05) is 18.7 Å². The van der Waals surface area contributed by atoms with Crippen LogP contribution in [0.5, 0.6) is 0 Å². The largest absolute Gasteiger partial charge is 0.481 e. The highest BCUT2D eigenvalue weighted by Gasteiger charge is 2.35. The quantitative estimate of drug-likeness (QED) is 0.909. The number of nitrogens with zero attached hydrogens (tertiary/aromatic N) is 1. The molecule has 1 N–H and O–H groups in total. The van der Waals surface area contributed by atoms with Crippen molar-refractivity contribution in [3.8, 4) is 0 Å². The minimum atomic E-state index is -0.783. The first kappa shape index (κ1) is 13.6. The number of hydrogen-bond donors (Lipinski definition) is 1. The van der Waals surface area contributed by atoms with Gasteiger partial charge in [0.05, 0.1) is 5.92 Å². The number of rotatable bonds is 3. The Morgan fingerprint density at radius 1 is 1.21 bits per heavy atom. The lowest BCUT2D eigenvalue weighted by atomic mass is 10.0. The molecule has 0 aromatic heterocycles. The Bertz CT molecular complexity index is 498. The zero-order chi connectivity index (χ0) is 14.0. The fourth-order valence-electron chi connectivity index (χ4n) is 2.76.